The van der Waals surface area contributed by atoms with Crippen molar-refractivity contribution in [2.24, 2.45) is 0 Å². The van der Waals surface area contributed by atoms with Gasteiger partial charge in [0.1, 0.15) is 11.3 Å². The normalized spacial score (nSPS) is 15.9. The van der Waals surface area contributed by atoms with E-state index in [4.69, 9.17) is 4.74 Å². The van der Waals surface area contributed by atoms with Crippen molar-refractivity contribution in [3.05, 3.63) is 63.1 Å². The number of hydrogen-bond donors (Lipinski definition) is 1. The van der Waals surface area contributed by atoms with Crippen LogP contribution in [-0.4, -0.2) is 23.9 Å². The van der Waals surface area contributed by atoms with E-state index in [2.05, 4.69) is 21.2 Å². The molecule has 150 valence electrons. The molecule has 1 N–H and O–H groups in total. The van der Waals surface area contributed by atoms with Crippen LogP contribution in [0.25, 0.3) is 6.08 Å². The molecule has 0 aliphatic carbocycles. The Morgan fingerprint density at radius 3 is 2.48 bits per heavy atom. The molecule has 1 aliphatic rings. The van der Waals surface area contributed by atoms with Crippen LogP contribution in [0, 0.1) is 13.8 Å². The van der Waals surface area contributed by atoms with Crippen LogP contribution in [0.1, 0.15) is 30.5 Å². The second-order valence-electron chi connectivity index (χ2n) is 7.03. The van der Waals surface area contributed by atoms with Crippen LogP contribution in [0.3, 0.4) is 0 Å². The van der Waals surface area contributed by atoms with Gasteiger partial charge in [-0.3, -0.25) is 14.9 Å². The molecule has 1 heterocycles. The maximum atomic E-state index is 13.1. The number of hydrogen-bond acceptors (Lipinski definition) is 4. The van der Waals surface area contributed by atoms with Gasteiger partial charge in [0.2, 0.25) is 0 Å². The summed E-state index contributed by atoms with van der Waals surface area (Å²) in [4.78, 5) is 38.8. The fraction of sp³-hybridized carbons (Fsp3) is 0.227. The van der Waals surface area contributed by atoms with E-state index in [0.717, 1.165) is 16.0 Å². The van der Waals surface area contributed by atoms with Crippen LogP contribution in [-0.2, 0) is 9.59 Å². The lowest BCUT2D eigenvalue weighted by Gasteiger charge is -2.28. The molecule has 0 saturated carbocycles. The minimum absolute atomic E-state index is 0.0124. The molecule has 29 heavy (non-hydrogen) atoms. The summed E-state index contributed by atoms with van der Waals surface area (Å²) in [6.45, 7) is 7.57. The Labute approximate surface area is 177 Å². The van der Waals surface area contributed by atoms with Gasteiger partial charge in [-0.05, 0) is 84.6 Å². The third-order valence-corrected chi connectivity index (χ3v) is 5.17. The van der Waals surface area contributed by atoms with Crippen molar-refractivity contribution in [1.29, 1.82) is 0 Å². The average molecular weight is 457 g/mol. The summed E-state index contributed by atoms with van der Waals surface area (Å²) in [6, 6.07) is 9.84. The van der Waals surface area contributed by atoms with Gasteiger partial charge < -0.3 is 4.74 Å². The molecule has 6 nitrogen and oxygen atoms in total. The third kappa shape index (κ3) is 4.24. The van der Waals surface area contributed by atoms with Gasteiger partial charge in [0.15, 0.2) is 0 Å². The molecule has 0 atom stereocenters. The first-order valence-corrected chi connectivity index (χ1v) is 9.92. The Kier molecular flexibility index (Phi) is 5.88. The number of imide groups is 2. The lowest BCUT2D eigenvalue weighted by molar-refractivity contribution is -0.122. The van der Waals surface area contributed by atoms with Gasteiger partial charge >= 0.3 is 6.03 Å². The van der Waals surface area contributed by atoms with E-state index in [1.165, 1.54) is 6.08 Å². The van der Waals surface area contributed by atoms with Crippen LogP contribution in [0.15, 0.2) is 46.4 Å². The lowest BCUT2D eigenvalue weighted by Crippen LogP contribution is -2.54. The highest BCUT2D eigenvalue weighted by Crippen LogP contribution is 2.30. The first-order valence-electron chi connectivity index (χ1n) is 9.13. The Hall–Kier alpha value is -2.93. The van der Waals surface area contributed by atoms with E-state index in [1.54, 1.807) is 30.3 Å². The van der Waals surface area contributed by atoms with Crippen LogP contribution in [0.4, 0.5) is 10.5 Å². The first kappa shape index (κ1) is 20.8. The number of barbiturate groups is 1. The molecular formula is C22H21BrN2O4. The highest BCUT2D eigenvalue weighted by Gasteiger charge is 2.37. The molecule has 7 heteroatoms. The van der Waals surface area contributed by atoms with Crippen molar-refractivity contribution in [3.8, 4) is 5.75 Å². The topological polar surface area (TPSA) is 75.7 Å². The van der Waals surface area contributed by atoms with Crippen molar-refractivity contribution in [1.82, 2.24) is 5.32 Å². The summed E-state index contributed by atoms with van der Waals surface area (Å²) >= 11 is 3.44. The SMILES string of the molecule is Cc1cccc(N2C(=O)NC(=O)/C(=C\c3ccc(OC(C)C)c(Br)c3)C2=O)c1C. The van der Waals surface area contributed by atoms with E-state index >= 15 is 0 Å². The Bertz CT molecular complexity index is 1040. The molecule has 4 amide bonds. The zero-order valence-corrected chi connectivity index (χ0v) is 18.2. The van der Waals surface area contributed by atoms with Crippen molar-refractivity contribution in [2.75, 3.05) is 4.90 Å². The minimum atomic E-state index is -0.757. The highest BCUT2D eigenvalue weighted by atomic mass is 79.9. The van der Waals surface area contributed by atoms with Crippen molar-refractivity contribution < 1.29 is 19.1 Å². The number of nitrogens with zero attached hydrogens (tertiary/aromatic N) is 1. The van der Waals surface area contributed by atoms with Crippen molar-refractivity contribution in [2.45, 2.75) is 33.8 Å². The number of nitrogens with one attached hydrogen (secondary N) is 1. The molecule has 1 aliphatic heterocycles. The van der Waals surface area contributed by atoms with Crippen LogP contribution in [0.2, 0.25) is 0 Å². The maximum Gasteiger partial charge on any atom is 0.335 e. The molecule has 3 rings (SSSR count). The quantitative estimate of drug-likeness (QED) is 0.541. The number of rotatable bonds is 4. The number of anilines is 1. The second-order valence-corrected chi connectivity index (χ2v) is 7.89. The number of urea groups is 1. The Balaban J connectivity index is 2.00. The summed E-state index contributed by atoms with van der Waals surface area (Å²) in [5.41, 5.74) is 2.70. The van der Waals surface area contributed by atoms with Gasteiger partial charge in [-0.25, -0.2) is 9.69 Å². The molecule has 0 spiro atoms. The predicted molar refractivity (Wildman–Crippen MR) is 115 cm³/mol. The minimum Gasteiger partial charge on any atom is -0.490 e. The number of benzene rings is 2. The maximum absolute atomic E-state index is 13.1. The molecule has 0 aromatic heterocycles. The fourth-order valence-electron chi connectivity index (χ4n) is 2.98. The van der Waals surface area contributed by atoms with Gasteiger partial charge in [-0.1, -0.05) is 18.2 Å². The number of amides is 4. The zero-order valence-electron chi connectivity index (χ0n) is 16.6. The zero-order chi connectivity index (χ0) is 21.3. The van der Waals surface area contributed by atoms with Gasteiger partial charge in [0.05, 0.1) is 16.3 Å². The Morgan fingerprint density at radius 2 is 1.83 bits per heavy atom. The standard InChI is InChI=1S/C22H21BrN2O4/c1-12(2)29-19-9-8-15(11-17(19)23)10-16-20(26)24-22(28)25(21(16)27)18-7-5-6-13(3)14(18)4/h5-12H,1-4H3,(H,24,26,28)/b16-10+. The molecule has 1 saturated heterocycles. The van der Waals surface area contributed by atoms with Crippen LogP contribution < -0.4 is 15.0 Å². The molecule has 0 bridgehead atoms. The van der Waals surface area contributed by atoms with Gasteiger partial charge in [-0.2, -0.15) is 0 Å². The second kappa shape index (κ2) is 8.21. The Morgan fingerprint density at radius 1 is 1.10 bits per heavy atom. The average Bonchev–Trinajstić information content (AvgIpc) is 2.64. The highest BCUT2D eigenvalue weighted by molar-refractivity contribution is 9.10. The van der Waals surface area contributed by atoms with Crippen molar-refractivity contribution >= 4 is 45.5 Å². The van der Waals surface area contributed by atoms with E-state index < -0.39 is 17.8 Å². The van der Waals surface area contributed by atoms with Gasteiger partial charge in [-0.15, -0.1) is 0 Å². The number of ether oxygens (including phenoxy) is 1. The number of halogens is 1. The van der Waals surface area contributed by atoms with E-state index in [9.17, 15) is 14.4 Å². The first-order chi connectivity index (χ1) is 13.7. The monoisotopic (exact) mass is 456 g/mol. The van der Waals surface area contributed by atoms with E-state index in [1.807, 2.05) is 33.8 Å². The number of carbonyl (C=O) groups excluding carboxylic acids is 3. The number of aryl methyl sites for hydroxylation is 1. The van der Waals surface area contributed by atoms with Gasteiger partial charge in [0.25, 0.3) is 11.8 Å². The smallest absolute Gasteiger partial charge is 0.335 e. The largest absolute Gasteiger partial charge is 0.490 e. The molecule has 0 radical (unpaired) electrons. The van der Waals surface area contributed by atoms with Crippen molar-refractivity contribution in [3.63, 3.8) is 0 Å². The van der Waals surface area contributed by atoms with Crippen LogP contribution in [0.5, 0.6) is 5.75 Å². The lowest BCUT2D eigenvalue weighted by atomic mass is 10.0. The summed E-state index contributed by atoms with van der Waals surface area (Å²) < 4.78 is 6.38. The summed E-state index contributed by atoms with van der Waals surface area (Å²) in [5.74, 6) is -0.722. The summed E-state index contributed by atoms with van der Waals surface area (Å²) in [6.07, 6.45) is 1.48. The molecule has 2 aromatic rings. The summed E-state index contributed by atoms with van der Waals surface area (Å²) in [5, 5.41) is 2.25. The fourth-order valence-corrected chi connectivity index (χ4v) is 3.47. The number of carbonyl (C=O) groups is 3. The molecular weight excluding hydrogens is 436 g/mol. The third-order valence-electron chi connectivity index (χ3n) is 4.55. The molecule has 2 aromatic carbocycles. The summed E-state index contributed by atoms with van der Waals surface area (Å²) in [7, 11) is 0. The molecule has 1 fully saturated rings. The van der Waals surface area contributed by atoms with Crippen LogP contribution >= 0.6 is 15.9 Å². The van der Waals surface area contributed by atoms with E-state index in [-0.39, 0.29) is 11.7 Å². The van der Waals surface area contributed by atoms with Gasteiger partial charge in [0, 0.05) is 0 Å². The predicted octanol–water partition coefficient (Wildman–Crippen LogP) is 4.52. The molecule has 0 unspecified atom stereocenters. The van der Waals surface area contributed by atoms with E-state index in [0.29, 0.717) is 21.5 Å².